The Bertz CT molecular complexity index is 1270. The molecule has 7 nitrogen and oxygen atoms in total. The molecule has 2 heterocycles. The summed E-state index contributed by atoms with van der Waals surface area (Å²) in [5.74, 6) is -2.98. The van der Waals surface area contributed by atoms with E-state index in [-0.39, 0.29) is 18.2 Å². The Labute approximate surface area is 200 Å². The van der Waals surface area contributed by atoms with Gasteiger partial charge in [0.15, 0.2) is 11.5 Å². The zero-order valence-corrected chi connectivity index (χ0v) is 19.6. The minimum atomic E-state index is -3.68. The molecule has 4 rings (SSSR count). The van der Waals surface area contributed by atoms with E-state index in [0.29, 0.717) is 47.3 Å². The number of benzene rings is 2. The van der Waals surface area contributed by atoms with Crippen LogP contribution in [0.5, 0.6) is 11.5 Å². The monoisotopic (exact) mass is 489 g/mol. The van der Waals surface area contributed by atoms with Crippen LogP contribution in [-0.4, -0.2) is 48.1 Å². The third kappa shape index (κ3) is 5.18. The van der Waals surface area contributed by atoms with Gasteiger partial charge in [0.2, 0.25) is 0 Å². The molecule has 1 aliphatic rings. The normalized spacial score (nSPS) is 14.7. The molecule has 10 heteroatoms. The molecule has 0 spiro atoms. The van der Waals surface area contributed by atoms with Crippen molar-refractivity contribution in [2.75, 3.05) is 32.2 Å². The van der Waals surface area contributed by atoms with Gasteiger partial charge in [-0.15, -0.1) is 0 Å². The van der Waals surface area contributed by atoms with E-state index in [0.717, 1.165) is 11.6 Å². The molecule has 1 aromatic heterocycles. The summed E-state index contributed by atoms with van der Waals surface area (Å²) in [6.07, 6.45) is 1.72. The zero-order chi connectivity index (χ0) is 25.2. The van der Waals surface area contributed by atoms with Gasteiger partial charge in [-0.3, -0.25) is 0 Å². The fourth-order valence-corrected chi connectivity index (χ4v) is 3.85. The highest BCUT2D eigenvalue weighted by molar-refractivity contribution is 5.91. The SMILES string of the molecule is COc1cc2nc(C)nc(NCc3cccc(C(F)(F)CO)c3F)c2cc1OC(C)C1=CCOC1. The van der Waals surface area contributed by atoms with Crippen LogP contribution in [-0.2, 0) is 17.2 Å². The van der Waals surface area contributed by atoms with Crippen molar-refractivity contribution >= 4 is 16.7 Å². The van der Waals surface area contributed by atoms with Crippen molar-refractivity contribution in [3.63, 3.8) is 0 Å². The highest BCUT2D eigenvalue weighted by Gasteiger charge is 2.34. The van der Waals surface area contributed by atoms with Crippen molar-refractivity contribution in [3.8, 4) is 11.5 Å². The van der Waals surface area contributed by atoms with Gasteiger partial charge in [-0.2, -0.15) is 8.78 Å². The topological polar surface area (TPSA) is 85.7 Å². The number of alkyl halides is 2. The quantitative estimate of drug-likeness (QED) is 0.428. The minimum Gasteiger partial charge on any atom is -0.493 e. The van der Waals surface area contributed by atoms with E-state index >= 15 is 0 Å². The number of anilines is 1. The first kappa shape index (κ1) is 24.7. The van der Waals surface area contributed by atoms with Crippen LogP contribution in [0.15, 0.2) is 42.0 Å². The van der Waals surface area contributed by atoms with Crippen LogP contribution in [0, 0.1) is 12.7 Å². The number of aryl methyl sites for hydroxylation is 1. The number of aliphatic hydroxyl groups is 1. The largest absolute Gasteiger partial charge is 0.493 e. The fourth-order valence-electron chi connectivity index (χ4n) is 3.85. The smallest absolute Gasteiger partial charge is 0.298 e. The Morgan fingerprint density at radius 3 is 2.71 bits per heavy atom. The van der Waals surface area contributed by atoms with E-state index in [1.54, 1.807) is 19.1 Å². The molecular weight excluding hydrogens is 463 g/mol. The Hall–Kier alpha value is -3.37. The lowest BCUT2D eigenvalue weighted by Crippen LogP contribution is -2.21. The van der Waals surface area contributed by atoms with E-state index in [2.05, 4.69) is 15.3 Å². The first-order chi connectivity index (χ1) is 16.7. The highest BCUT2D eigenvalue weighted by atomic mass is 19.3. The highest BCUT2D eigenvalue weighted by Crippen LogP contribution is 2.36. The second-order valence-electron chi connectivity index (χ2n) is 8.19. The van der Waals surface area contributed by atoms with Crippen molar-refractivity contribution in [3.05, 3.63) is 64.7 Å². The summed E-state index contributed by atoms with van der Waals surface area (Å²) in [6, 6.07) is 7.13. The second kappa shape index (κ2) is 10.1. The maximum absolute atomic E-state index is 14.8. The summed E-state index contributed by atoms with van der Waals surface area (Å²) >= 11 is 0. The van der Waals surface area contributed by atoms with Crippen molar-refractivity contribution < 1.29 is 32.5 Å². The summed E-state index contributed by atoms with van der Waals surface area (Å²) < 4.78 is 59.6. The maximum atomic E-state index is 14.8. The van der Waals surface area contributed by atoms with Gasteiger partial charge < -0.3 is 24.6 Å². The minimum absolute atomic E-state index is 0.00631. The fraction of sp³-hybridized carbons (Fsp3) is 0.360. The Balaban J connectivity index is 1.67. The third-order valence-electron chi connectivity index (χ3n) is 5.77. The molecule has 186 valence electrons. The second-order valence-corrected chi connectivity index (χ2v) is 8.19. The molecular formula is C25H26F3N3O4. The zero-order valence-electron chi connectivity index (χ0n) is 19.6. The molecule has 0 amide bonds. The number of methoxy groups -OCH3 is 1. The summed E-state index contributed by atoms with van der Waals surface area (Å²) in [5.41, 5.74) is 0.733. The van der Waals surface area contributed by atoms with Gasteiger partial charge in [0.05, 0.1) is 31.4 Å². The number of hydrogen-bond acceptors (Lipinski definition) is 7. The first-order valence-corrected chi connectivity index (χ1v) is 11.0. The van der Waals surface area contributed by atoms with Gasteiger partial charge in [-0.1, -0.05) is 18.2 Å². The standard InChI is InChI=1S/C25H26F3N3O4/c1-14(17-7-8-34-12-17)35-22-9-18-20(10-21(22)33-3)30-15(2)31-24(18)29-11-16-5-4-6-19(23(16)26)25(27,28)13-32/h4-7,9-10,14,32H,8,11-13H2,1-3H3,(H,29,30,31). The summed E-state index contributed by atoms with van der Waals surface area (Å²) in [7, 11) is 1.53. The van der Waals surface area contributed by atoms with Gasteiger partial charge in [0, 0.05) is 23.6 Å². The molecule has 1 aliphatic heterocycles. The average molecular weight is 489 g/mol. The molecule has 0 saturated heterocycles. The van der Waals surface area contributed by atoms with Crippen LogP contribution in [0.4, 0.5) is 19.0 Å². The van der Waals surface area contributed by atoms with E-state index in [9.17, 15) is 13.2 Å². The average Bonchev–Trinajstić information content (AvgIpc) is 3.38. The van der Waals surface area contributed by atoms with Crippen LogP contribution in [0.1, 0.15) is 23.9 Å². The van der Waals surface area contributed by atoms with Gasteiger partial charge >= 0.3 is 0 Å². The molecule has 1 atom stereocenters. The molecule has 0 saturated carbocycles. The molecule has 0 aliphatic carbocycles. The van der Waals surface area contributed by atoms with Crippen LogP contribution in [0.25, 0.3) is 10.9 Å². The molecule has 1 unspecified atom stereocenters. The summed E-state index contributed by atoms with van der Waals surface area (Å²) in [6.45, 7) is 3.05. The lowest BCUT2D eigenvalue weighted by Gasteiger charge is -2.19. The predicted molar refractivity (Wildman–Crippen MR) is 125 cm³/mol. The van der Waals surface area contributed by atoms with E-state index in [1.165, 1.54) is 19.2 Å². The molecule has 35 heavy (non-hydrogen) atoms. The van der Waals surface area contributed by atoms with Gasteiger partial charge in [0.1, 0.15) is 30.2 Å². The molecule has 0 fully saturated rings. The number of ether oxygens (including phenoxy) is 3. The number of aromatic nitrogens is 2. The molecule has 0 bridgehead atoms. The number of halogens is 3. The van der Waals surface area contributed by atoms with Crippen molar-refractivity contribution in [2.24, 2.45) is 0 Å². The van der Waals surface area contributed by atoms with Crippen LogP contribution in [0.2, 0.25) is 0 Å². The Morgan fingerprint density at radius 2 is 2.03 bits per heavy atom. The van der Waals surface area contributed by atoms with Gasteiger partial charge in [-0.05, 0) is 31.6 Å². The number of nitrogens with one attached hydrogen (secondary N) is 1. The summed E-state index contributed by atoms with van der Waals surface area (Å²) in [5, 5.41) is 12.6. The van der Waals surface area contributed by atoms with Crippen LogP contribution < -0.4 is 14.8 Å². The van der Waals surface area contributed by atoms with E-state index in [4.69, 9.17) is 19.3 Å². The maximum Gasteiger partial charge on any atom is 0.298 e. The lowest BCUT2D eigenvalue weighted by molar-refractivity contribution is -0.0583. The Morgan fingerprint density at radius 1 is 1.23 bits per heavy atom. The van der Waals surface area contributed by atoms with Crippen LogP contribution in [0.3, 0.4) is 0 Å². The number of aliphatic hydroxyl groups excluding tert-OH is 1. The van der Waals surface area contributed by atoms with Gasteiger partial charge in [0.25, 0.3) is 5.92 Å². The molecule has 0 radical (unpaired) electrons. The Kier molecular flexibility index (Phi) is 7.13. The van der Waals surface area contributed by atoms with Crippen molar-refractivity contribution in [2.45, 2.75) is 32.4 Å². The van der Waals surface area contributed by atoms with E-state index < -0.39 is 23.9 Å². The number of hydrogen-bond donors (Lipinski definition) is 2. The molecule has 3 aromatic rings. The number of fused-ring (bicyclic) bond motifs is 1. The van der Waals surface area contributed by atoms with Crippen molar-refractivity contribution in [1.82, 2.24) is 9.97 Å². The summed E-state index contributed by atoms with van der Waals surface area (Å²) in [4.78, 5) is 8.88. The van der Waals surface area contributed by atoms with Crippen molar-refractivity contribution in [1.29, 1.82) is 0 Å². The molecule has 2 aromatic carbocycles. The lowest BCUT2D eigenvalue weighted by atomic mass is 10.0. The van der Waals surface area contributed by atoms with E-state index in [1.807, 2.05) is 13.0 Å². The van der Waals surface area contributed by atoms with Gasteiger partial charge in [-0.25, -0.2) is 14.4 Å². The van der Waals surface area contributed by atoms with Crippen LogP contribution >= 0.6 is 0 Å². The number of rotatable bonds is 9. The predicted octanol–water partition coefficient (Wildman–Crippen LogP) is 4.51. The third-order valence-corrected chi connectivity index (χ3v) is 5.77. The molecule has 2 N–H and O–H groups in total. The number of nitrogens with zero attached hydrogens (tertiary/aromatic N) is 2. The first-order valence-electron chi connectivity index (χ1n) is 11.0.